The molecule has 0 radical (unpaired) electrons. The molecule has 2 N–H and O–H groups in total. The Bertz CT molecular complexity index is 357. The first-order chi connectivity index (χ1) is 8.08. The lowest BCUT2D eigenvalue weighted by Crippen LogP contribution is -2.29. The van der Waals surface area contributed by atoms with Crippen LogP contribution in [0.4, 0.5) is 0 Å². The van der Waals surface area contributed by atoms with Gasteiger partial charge in [0.25, 0.3) is 0 Å². The maximum atomic E-state index is 9.54. The lowest BCUT2D eigenvalue weighted by atomic mass is 10.0. The van der Waals surface area contributed by atoms with Crippen LogP contribution in [0.3, 0.4) is 0 Å². The van der Waals surface area contributed by atoms with Gasteiger partial charge in [-0.3, -0.25) is 0 Å². The van der Waals surface area contributed by atoms with E-state index in [0.29, 0.717) is 16.6 Å². The Morgan fingerprint density at radius 2 is 1.88 bits per heavy atom. The Morgan fingerprint density at radius 1 is 1.18 bits per heavy atom. The summed E-state index contributed by atoms with van der Waals surface area (Å²) in [6.07, 6.45) is 1.39. The number of hydrogen-bond acceptors (Lipinski definition) is 2. The fourth-order valence-corrected chi connectivity index (χ4v) is 1.96. The summed E-state index contributed by atoms with van der Waals surface area (Å²) in [5.41, 5.74) is 1.10. The highest BCUT2D eigenvalue weighted by Crippen LogP contribution is 2.26. The molecule has 1 aromatic rings. The van der Waals surface area contributed by atoms with Gasteiger partial charge in [0.05, 0.1) is 16.1 Å². The molecule has 4 heteroatoms. The third kappa shape index (κ3) is 4.47. The fourth-order valence-electron chi connectivity index (χ4n) is 1.65. The minimum absolute atomic E-state index is 0.200. The topological polar surface area (TPSA) is 32.3 Å². The van der Waals surface area contributed by atoms with E-state index >= 15 is 0 Å². The van der Waals surface area contributed by atoms with Gasteiger partial charge in [-0.1, -0.05) is 43.1 Å². The van der Waals surface area contributed by atoms with Crippen LogP contribution in [0, 0.1) is 0 Å². The molecule has 0 aliphatic carbocycles. The quantitative estimate of drug-likeness (QED) is 0.828. The second-order valence-corrected chi connectivity index (χ2v) is 4.92. The van der Waals surface area contributed by atoms with Crippen LogP contribution in [0.15, 0.2) is 18.2 Å². The van der Waals surface area contributed by atoms with Crippen molar-refractivity contribution >= 4 is 23.2 Å². The molecule has 2 atom stereocenters. The van der Waals surface area contributed by atoms with Crippen molar-refractivity contribution in [1.29, 1.82) is 0 Å². The Morgan fingerprint density at radius 3 is 2.41 bits per heavy atom. The Labute approximate surface area is 113 Å². The van der Waals surface area contributed by atoms with Gasteiger partial charge in [-0.05, 0) is 30.5 Å². The summed E-state index contributed by atoms with van der Waals surface area (Å²) in [7, 11) is 0. The van der Waals surface area contributed by atoms with Gasteiger partial charge >= 0.3 is 0 Å². The first-order valence-electron chi connectivity index (χ1n) is 5.94. The number of aliphatic hydroxyl groups is 1. The fraction of sp³-hybridized carbons (Fsp3) is 0.538. The largest absolute Gasteiger partial charge is 0.392 e. The van der Waals surface area contributed by atoms with Crippen LogP contribution in [0.2, 0.25) is 10.0 Å². The van der Waals surface area contributed by atoms with E-state index in [-0.39, 0.29) is 12.1 Å². The van der Waals surface area contributed by atoms with Crippen LogP contribution < -0.4 is 5.32 Å². The van der Waals surface area contributed by atoms with Crippen molar-refractivity contribution < 1.29 is 5.11 Å². The molecular formula is C13H19Cl2NO. The van der Waals surface area contributed by atoms with E-state index in [1.807, 2.05) is 19.1 Å². The third-order valence-electron chi connectivity index (χ3n) is 2.83. The molecule has 0 saturated heterocycles. The van der Waals surface area contributed by atoms with Gasteiger partial charge in [0, 0.05) is 12.6 Å². The summed E-state index contributed by atoms with van der Waals surface area (Å²) in [6, 6.07) is 5.85. The van der Waals surface area contributed by atoms with Gasteiger partial charge in [0.1, 0.15) is 0 Å². The maximum absolute atomic E-state index is 9.54. The molecule has 0 saturated carbocycles. The summed E-state index contributed by atoms with van der Waals surface area (Å²) in [5, 5.41) is 14.0. The van der Waals surface area contributed by atoms with Crippen molar-refractivity contribution in [3.63, 3.8) is 0 Å². The summed E-state index contributed by atoms with van der Waals surface area (Å²) >= 11 is 11.9. The zero-order valence-corrected chi connectivity index (χ0v) is 11.7. The lowest BCUT2D eigenvalue weighted by Gasteiger charge is -2.19. The molecule has 2 nitrogen and oxygen atoms in total. The molecule has 17 heavy (non-hydrogen) atoms. The molecule has 0 amide bonds. The summed E-state index contributed by atoms with van der Waals surface area (Å²) < 4.78 is 0. The van der Waals surface area contributed by atoms with Crippen LogP contribution in [0.1, 0.15) is 38.3 Å². The van der Waals surface area contributed by atoms with E-state index in [2.05, 4.69) is 12.2 Å². The minimum Gasteiger partial charge on any atom is -0.392 e. The highest BCUT2D eigenvalue weighted by molar-refractivity contribution is 6.42. The second kappa shape index (κ2) is 7.22. The number of nitrogens with one attached hydrogen (secondary N) is 1. The smallest absolute Gasteiger partial charge is 0.0662 e. The minimum atomic E-state index is -0.299. The van der Waals surface area contributed by atoms with Crippen LogP contribution in [-0.4, -0.2) is 17.8 Å². The molecule has 0 fully saturated rings. The average molecular weight is 276 g/mol. The van der Waals surface area contributed by atoms with E-state index in [0.717, 1.165) is 18.4 Å². The van der Waals surface area contributed by atoms with E-state index < -0.39 is 0 Å². The molecule has 0 aliphatic rings. The summed E-state index contributed by atoms with van der Waals surface area (Å²) in [6.45, 7) is 4.65. The first-order valence-corrected chi connectivity index (χ1v) is 6.70. The van der Waals surface area contributed by atoms with Crippen molar-refractivity contribution in [3.05, 3.63) is 33.8 Å². The highest BCUT2D eigenvalue weighted by Gasteiger charge is 2.11. The van der Waals surface area contributed by atoms with Crippen molar-refractivity contribution in [1.82, 2.24) is 5.32 Å². The molecule has 1 rings (SSSR count). The predicted molar refractivity (Wildman–Crippen MR) is 73.8 cm³/mol. The number of hydrogen-bond donors (Lipinski definition) is 2. The van der Waals surface area contributed by atoms with Gasteiger partial charge in [0.15, 0.2) is 0 Å². The van der Waals surface area contributed by atoms with Crippen LogP contribution in [-0.2, 0) is 0 Å². The molecular weight excluding hydrogens is 257 g/mol. The van der Waals surface area contributed by atoms with E-state index in [1.165, 1.54) is 0 Å². The number of rotatable bonds is 6. The standard InChI is InChI=1S/C13H19Cl2NO/c1-3-10(17)8-16-13(4-2)9-5-6-11(14)12(15)7-9/h5-7,10,13,16-17H,3-4,8H2,1-2H3. The predicted octanol–water partition coefficient (Wildman–Crippen LogP) is 3.81. The van der Waals surface area contributed by atoms with Gasteiger partial charge in [-0.25, -0.2) is 0 Å². The monoisotopic (exact) mass is 275 g/mol. The Balaban J connectivity index is 2.69. The van der Waals surface area contributed by atoms with Crippen molar-refractivity contribution in [2.45, 2.75) is 38.8 Å². The zero-order valence-electron chi connectivity index (χ0n) is 10.2. The van der Waals surface area contributed by atoms with Crippen LogP contribution >= 0.6 is 23.2 Å². The van der Waals surface area contributed by atoms with Crippen molar-refractivity contribution in [2.75, 3.05) is 6.54 Å². The van der Waals surface area contributed by atoms with E-state index in [1.54, 1.807) is 6.07 Å². The molecule has 0 spiro atoms. The molecule has 0 bridgehead atoms. The normalized spacial score (nSPS) is 14.6. The van der Waals surface area contributed by atoms with Crippen molar-refractivity contribution in [3.8, 4) is 0 Å². The highest BCUT2D eigenvalue weighted by atomic mass is 35.5. The summed E-state index contributed by atoms with van der Waals surface area (Å²) in [4.78, 5) is 0. The van der Waals surface area contributed by atoms with E-state index in [4.69, 9.17) is 23.2 Å². The average Bonchev–Trinajstić information content (AvgIpc) is 2.33. The molecule has 1 aromatic carbocycles. The number of aliphatic hydroxyl groups excluding tert-OH is 1. The first kappa shape index (κ1) is 14.8. The van der Waals surface area contributed by atoms with Gasteiger partial charge in [0.2, 0.25) is 0 Å². The van der Waals surface area contributed by atoms with Crippen LogP contribution in [0.25, 0.3) is 0 Å². The van der Waals surface area contributed by atoms with E-state index in [9.17, 15) is 5.11 Å². The molecule has 0 heterocycles. The Kier molecular flexibility index (Phi) is 6.28. The molecule has 2 unspecified atom stereocenters. The SMILES string of the molecule is CCC(O)CNC(CC)c1ccc(Cl)c(Cl)c1. The van der Waals surface area contributed by atoms with Gasteiger partial charge < -0.3 is 10.4 Å². The van der Waals surface area contributed by atoms with Gasteiger partial charge in [-0.15, -0.1) is 0 Å². The zero-order chi connectivity index (χ0) is 12.8. The molecule has 96 valence electrons. The second-order valence-electron chi connectivity index (χ2n) is 4.10. The lowest BCUT2D eigenvalue weighted by molar-refractivity contribution is 0.162. The maximum Gasteiger partial charge on any atom is 0.0662 e. The number of benzene rings is 1. The van der Waals surface area contributed by atoms with Crippen molar-refractivity contribution in [2.24, 2.45) is 0 Å². The third-order valence-corrected chi connectivity index (χ3v) is 3.56. The summed E-state index contributed by atoms with van der Waals surface area (Å²) in [5.74, 6) is 0. The molecule has 0 aliphatic heterocycles. The Hall–Kier alpha value is -0.280. The molecule has 0 aromatic heterocycles. The van der Waals surface area contributed by atoms with Gasteiger partial charge in [-0.2, -0.15) is 0 Å². The number of halogens is 2. The van der Waals surface area contributed by atoms with Crippen LogP contribution in [0.5, 0.6) is 0 Å².